The van der Waals surface area contributed by atoms with Crippen molar-refractivity contribution in [2.45, 2.75) is 25.8 Å². The molecule has 0 fully saturated rings. The molecule has 0 aliphatic carbocycles. The highest BCUT2D eigenvalue weighted by molar-refractivity contribution is 5.98. The lowest BCUT2D eigenvalue weighted by Gasteiger charge is -2.11. The van der Waals surface area contributed by atoms with Crippen molar-refractivity contribution in [1.82, 2.24) is 10.3 Å². The fraction of sp³-hybridized carbons (Fsp3) is 0.286. The average Bonchev–Trinajstić information content (AvgIpc) is 3.08. The SMILES string of the molecule is Cc1ccc(-c2ccc3[nH]c(C(=O)NC[C@H](N)CCCN)cc3c2)cc1. The number of benzene rings is 2. The van der Waals surface area contributed by atoms with E-state index in [1.807, 2.05) is 12.1 Å². The summed E-state index contributed by atoms with van der Waals surface area (Å²) in [7, 11) is 0. The number of amides is 1. The van der Waals surface area contributed by atoms with Crippen LogP contribution in [0.4, 0.5) is 0 Å². The number of aryl methyl sites for hydroxylation is 1. The number of carbonyl (C=O) groups is 1. The van der Waals surface area contributed by atoms with E-state index in [2.05, 4.69) is 53.6 Å². The Morgan fingerprint density at radius 1 is 1.12 bits per heavy atom. The molecular weight excluding hydrogens is 324 g/mol. The van der Waals surface area contributed by atoms with Gasteiger partial charge >= 0.3 is 0 Å². The predicted octanol–water partition coefficient (Wildman–Crippen LogP) is 2.94. The first-order chi connectivity index (χ1) is 12.6. The summed E-state index contributed by atoms with van der Waals surface area (Å²) in [5, 5.41) is 3.90. The highest BCUT2D eigenvalue weighted by atomic mass is 16.1. The van der Waals surface area contributed by atoms with E-state index in [4.69, 9.17) is 11.5 Å². The van der Waals surface area contributed by atoms with Crippen molar-refractivity contribution in [3.8, 4) is 11.1 Å². The highest BCUT2D eigenvalue weighted by Gasteiger charge is 2.11. The van der Waals surface area contributed by atoms with Crippen LogP contribution in [0.5, 0.6) is 0 Å². The molecule has 0 aliphatic heterocycles. The quantitative estimate of drug-likeness (QED) is 0.527. The molecule has 0 aliphatic rings. The van der Waals surface area contributed by atoms with E-state index in [-0.39, 0.29) is 11.9 Å². The van der Waals surface area contributed by atoms with E-state index in [0.29, 0.717) is 18.8 Å². The van der Waals surface area contributed by atoms with Gasteiger partial charge in [0.25, 0.3) is 5.91 Å². The smallest absolute Gasteiger partial charge is 0.267 e. The highest BCUT2D eigenvalue weighted by Crippen LogP contribution is 2.25. The van der Waals surface area contributed by atoms with Crippen molar-refractivity contribution in [1.29, 1.82) is 0 Å². The standard InChI is InChI=1S/C21H26N4O/c1-14-4-6-15(7-5-14)16-8-9-19-17(11-16)12-20(25-19)21(26)24-13-18(23)3-2-10-22/h4-9,11-12,18,25H,2-3,10,13,22-23H2,1H3,(H,24,26)/t18-/m1/s1. The second-order valence-corrected chi connectivity index (χ2v) is 6.75. The van der Waals surface area contributed by atoms with Gasteiger partial charge in [0.1, 0.15) is 5.69 Å². The molecule has 1 amide bonds. The van der Waals surface area contributed by atoms with Crippen molar-refractivity contribution in [3.05, 3.63) is 59.8 Å². The Hall–Kier alpha value is -2.63. The fourth-order valence-corrected chi connectivity index (χ4v) is 2.98. The van der Waals surface area contributed by atoms with Crippen molar-refractivity contribution in [2.24, 2.45) is 11.5 Å². The number of carbonyl (C=O) groups excluding carboxylic acids is 1. The van der Waals surface area contributed by atoms with Crippen LogP contribution in [0.1, 0.15) is 28.9 Å². The van der Waals surface area contributed by atoms with E-state index in [1.165, 1.54) is 5.56 Å². The average molecular weight is 350 g/mol. The second-order valence-electron chi connectivity index (χ2n) is 6.75. The van der Waals surface area contributed by atoms with Crippen LogP contribution in [0.25, 0.3) is 22.0 Å². The van der Waals surface area contributed by atoms with E-state index < -0.39 is 0 Å². The van der Waals surface area contributed by atoms with Crippen LogP contribution in [0.15, 0.2) is 48.5 Å². The lowest BCUT2D eigenvalue weighted by atomic mass is 10.0. The topological polar surface area (TPSA) is 96.9 Å². The number of nitrogens with one attached hydrogen (secondary N) is 2. The molecule has 0 spiro atoms. The van der Waals surface area contributed by atoms with Gasteiger partial charge in [-0.15, -0.1) is 0 Å². The van der Waals surface area contributed by atoms with Crippen molar-refractivity contribution < 1.29 is 4.79 Å². The molecule has 0 saturated carbocycles. The summed E-state index contributed by atoms with van der Waals surface area (Å²) >= 11 is 0. The van der Waals surface area contributed by atoms with Crippen LogP contribution in [0.2, 0.25) is 0 Å². The first kappa shape index (κ1) is 18.2. The monoisotopic (exact) mass is 350 g/mol. The van der Waals surface area contributed by atoms with E-state index in [0.717, 1.165) is 34.9 Å². The molecule has 5 heteroatoms. The lowest BCUT2D eigenvalue weighted by Crippen LogP contribution is -2.37. The van der Waals surface area contributed by atoms with Crippen LogP contribution >= 0.6 is 0 Å². The normalized spacial score (nSPS) is 12.3. The number of hydrogen-bond donors (Lipinski definition) is 4. The molecule has 5 nitrogen and oxygen atoms in total. The number of aromatic amines is 1. The molecule has 0 bridgehead atoms. The molecule has 3 aromatic rings. The number of H-pyrrole nitrogens is 1. The zero-order valence-corrected chi connectivity index (χ0v) is 15.1. The largest absolute Gasteiger partial charge is 0.351 e. The Balaban J connectivity index is 1.72. The second kappa shape index (κ2) is 8.17. The predicted molar refractivity (Wildman–Crippen MR) is 107 cm³/mol. The Morgan fingerprint density at radius 2 is 1.85 bits per heavy atom. The number of aromatic nitrogens is 1. The Labute approximate surface area is 153 Å². The van der Waals surface area contributed by atoms with Gasteiger partial charge in [-0.2, -0.15) is 0 Å². The van der Waals surface area contributed by atoms with E-state index in [9.17, 15) is 4.79 Å². The maximum Gasteiger partial charge on any atom is 0.267 e. The first-order valence-electron chi connectivity index (χ1n) is 9.00. The Morgan fingerprint density at radius 3 is 2.58 bits per heavy atom. The summed E-state index contributed by atoms with van der Waals surface area (Å²) in [5.74, 6) is -0.138. The number of fused-ring (bicyclic) bond motifs is 1. The molecule has 136 valence electrons. The van der Waals surface area contributed by atoms with Gasteiger partial charge in [-0.05, 0) is 55.6 Å². The summed E-state index contributed by atoms with van der Waals surface area (Å²) in [6.45, 7) is 3.14. The van der Waals surface area contributed by atoms with Gasteiger partial charge < -0.3 is 21.8 Å². The fourth-order valence-electron chi connectivity index (χ4n) is 2.98. The summed E-state index contributed by atoms with van der Waals surface area (Å²) in [4.78, 5) is 15.5. The van der Waals surface area contributed by atoms with Crippen molar-refractivity contribution in [2.75, 3.05) is 13.1 Å². The first-order valence-corrected chi connectivity index (χ1v) is 9.00. The maximum atomic E-state index is 12.4. The Kier molecular flexibility index (Phi) is 5.71. The van der Waals surface area contributed by atoms with Gasteiger partial charge in [0.2, 0.25) is 0 Å². The van der Waals surface area contributed by atoms with Crippen LogP contribution in [0.3, 0.4) is 0 Å². The third kappa shape index (κ3) is 4.31. The molecule has 3 rings (SSSR count). The molecule has 0 saturated heterocycles. The number of hydrogen-bond acceptors (Lipinski definition) is 3. The third-order valence-corrected chi connectivity index (χ3v) is 4.55. The van der Waals surface area contributed by atoms with Gasteiger partial charge in [-0.1, -0.05) is 35.9 Å². The van der Waals surface area contributed by atoms with E-state index >= 15 is 0 Å². The lowest BCUT2D eigenvalue weighted by molar-refractivity contribution is 0.0946. The number of nitrogens with two attached hydrogens (primary N) is 2. The van der Waals surface area contributed by atoms with Gasteiger partial charge in [-0.3, -0.25) is 4.79 Å². The van der Waals surface area contributed by atoms with Gasteiger partial charge in [0.15, 0.2) is 0 Å². The summed E-state index contributed by atoms with van der Waals surface area (Å²) in [6.07, 6.45) is 1.68. The Bertz CT molecular complexity index is 883. The van der Waals surface area contributed by atoms with Crippen LogP contribution in [0, 0.1) is 6.92 Å². The molecule has 26 heavy (non-hydrogen) atoms. The summed E-state index contributed by atoms with van der Waals surface area (Å²) in [6, 6.07) is 16.4. The molecule has 6 N–H and O–H groups in total. The molecular formula is C21H26N4O. The summed E-state index contributed by atoms with van der Waals surface area (Å²) in [5.41, 5.74) is 16.5. The van der Waals surface area contributed by atoms with Crippen LogP contribution < -0.4 is 16.8 Å². The zero-order valence-electron chi connectivity index (χ0n) is 15.1. The van der Waals surface area contributed by atoms with Crippen molar-refractivity contribution in [3.63, 3.8) is 0 Å². The van der Waals surface area contributed by atoms with Gasteiger partial charge in [0, 0.05) is 23.5 Å². The van der Waals surface area contributed by atoms with Crippen LogP contribution in [-0.4, -0.2) is 30.0 Å². The van der Waals surface area contributed by atoms with Gasteiger partial charge in [-0.25, -0.2) is 0 Å². The van der Waals surface area contributed by atoms with Crippen molar-refractivity contribution >= 4 is 16.8 Å². The minimum Gasteiger partial charge on any atom is -0.351 e. The van der Waals surface area contributed by atoms with E-state index in [1.54, 1.807) is 0 Å². The maximum absolute atomic E-state index is 12.4. The third-order valence-electron chi connectivity index (χ3n) is 4.55. The van der Waals surface area contributed by atoms with Crippen LogP contribution in [-0.2, 0) is 0 Å². The van der Waals surface area contributed by atoms with Gasteiger partial charge in [0.05, 0.1) is 0 Å². The molecule has 0 radical (unpaired) electrons. The minimum absolute atomic E-state index is 0.0694. The minimum atomic E-state index is -0.138. The summed E-state index contributed by atoms with van der Waals surface area (Å²) < 4.78 is 0. The molecule has 1 atom stereocenters. The molecule has 0 unspecified atom stereocenters. The molecule has 1 aromatic heterocycles. The number of rotatable bonds is 7. The molecule has 1 heterocycles. The zero-order chi connectivity index (χ0) is 18.5. The molecule has 2 aromatic carbocycles.